The van der Waals surface area contributed by atoms with Gasteiger partial charge in [-0.1, -0.05) is 30.1 Å². The van der Waals surface area contributed by atoms with Gasteiger partial charge in [-0.25, -0.2) is 9.37 Å². The van der Waals surface area contributed by atoms with Crippen molar-refractivity contribution in [2.24, 2.45) is 0 Å². The second-order valence-electron chi connectivity index (χ2n) is 7.18. The third kappa shape index (κ3) is 5.33. The van der Waals surface area contributed by atoms with Crippen molar-refractivity contribution in [3.63, 3.8) is 0 Å². The highest BCUT2D eigenvalue weighted by atomic mass is 35.5. The Kier molecular flexibility index (Phi) is 7.69. The molecule has 4 N–H and O–H groups in total. The van der Waals surface area contributed by atoms with E-state index in [0.717, 1.165) is 12.5 Å². The number of nitrogens with two attached hydrogens (primary N) is 1. The van der Waals surface area contributed by atoms with Crippen molar-refractivity contribution in [1.29, 1.82) is 10.7 Å². The summed E-state index contributed by atoms with van der Waals surface area (Å²) < 4.78 is 20.4. The lowest BCUT2D eigenvalue weighted by Gasteiger charge is -2.19. The van der Waals surface area contributed by atoms with Gasteiger partial charge in [0.25, 0.3) is 0 Å². The molecule has 1 atom stereocenters. The van der Waals surface area contributed by atoms with E-state index in [2.05, 4.69) is 21.4 Å². The monoisotopic (exact) mass is 486 g/mol. The number of nitrogens with zero attached hydrogens (tertiary/aromatic N) is 3. The maximum atomic E-state index is 14.6. The minimum absolute atomic E-state index is 0.0315. The molecule has 3 aromatic rings. The van der Waals surface area contributed by atoms with E-state index in [1.54, 1.807) is 6.92 Å². The summed E-state index contributed by atoms with van der Waals surface area (Å²) >= 11 is 12.4. The largest absolute Gasteiger partial charge is 0.483 e. The lowest BCUT2D eigenvalue weighted by atomic mass is 10.0. The van der Waals surface area contributed by atoms with Crippen LogP contribution in [0.2, 0.25) is 10.0 Å². The Morgan fingerprint density at radius 3 is 2.61 bits per heavy atom. The van der Waals surface area contributed by atoms with Crippen molar-refractivity contribution in [1.82, 2.24) is 9.97 Å². The molecule has 2 heterocycles. The summed E-state index contributed by atoms with van der Waals surface area (Å²) in [7, 11) is 0. The zero-order valence-corrected chi connectivity index (χ0v) is 19.4. The van der Waals surface area contributed by atoms with Crippen LogP contribution in [-0.2, 0) is 0 Å². The number of hydrogen-bond donors (Lipinski definition) is 3. The van der Waals surface area contributed by atoms with Crippen LogP contribution in [0.4, 0.5) is 15.9 Å². The first-order valence-electron chi connectivity index (χ1n) is 10.0. The topological polar surface area (TPSA) is 121 Å². The van der Waals surface area contributed by atoms with Gasteiger partial charge in [-0.3, -0.25) is 10.4 Å². The summed E-state index contributed by atoms with van der Waals surface area (Å²) in [5.41, 5.74) is 7.34. The average Bonchev–Trinajstić information content (AvgIpc) is 2.78. The summed E-state index contributed by atoms with van der Waals surface area (Å²) in [6.45, 7) is 4.32. The Morgan fingerprint density at radius 2 is 1.97 bits per heavy atom. The predicted molar refractivity (Wildman–Crippen MR) is 128 cm³/mol. The van der Waals surface area contributed by atoms with E-state index >= 15 is 0 Å². The third-order valence-corrected chi connectivity index (χ3v) is 5.42. The van der Waals surface area contributed by atoms with Gasteiger partial charge in [0.05, 0.1) is 21.3 Å². The van der Waals surface area contributed by atoms with Gasteiger partial charge >= 0.3 is 0 Å². The Bertz CT molecular complexity index is 1220. The molecular formula is C23H21Cl2FN6O. The van der Waals surface area contributed by atoms with Crippen LogP contribution in [0.15, 0.2) is 36.8 Å². The van der Waals surface area contributed by atoms with Gasteiger partial charge < -0.3 is 15.8 Å². The van der Waals surface area contributed by atoms with Crippen molar-refractivity contribution in [3.05, 3.63) is 74.9 Å². The van der Waals surface area contributed by atoms with E-state index in [1.807, 2.05) is 6.92 Å². The van der Waals surface area contributed by atoms with Crippen LogP contribution in [0.5, 0.6) is 5.75 Å². The Hall–Kier alpha value is -3.41. The first kappa shape index (κ1) is 24.2. The highest BCUT2D eigenvalue weighted by Crippen LogP contribution is 2.35. The molecule has 2 aromatic heterocycles. The fraction of sp³-hybridized carbons (Fsp3) is 0.217. The normalized spacial score (nSPS) is 11.5. The van der Waals surface area contributed by atoms with E-state index in [-0.39, 0.29) is 32.8 Å². The van der Waals surface area contributed by atoms with Gasteiger partial charge in [0.2, 0.25) is 0 Å². The molecule has 0 aliphatic carbocycles. The van der Waals surface area contributed by atoms with E-state index < -0.39 is 11.9 Å². The van der Waals surface area contributed by atoms with E-state index in [9.17, 15) is 9.65 Å². The minimum Gasteiger partial charge on any atom is -0.483 e. The van der Waals surface area contributed by atoms with Gasteiger partial charge in [0, 0.05) is 53.6 Å². The van der Waals surface area contributed by atoms with Gasteiger partial charge in [-0.05, 0) is 25.5 Å². The molecule has 0 amide bonds. The second-order valence-corrected chi connectivity index (χ2v) is 7.99. The first-order valence-corrected chi connectivity index (χ1v) is 10.8. The standard InChI is InChI=1S/C23H21Cl2FN6O/c1-3-4-31-23-13(8-27)5-14(9-32-23)22(29)15-6-20(18(26)7-19(15)28)33-12(2)21-16(24)10-30-11-17(21)25/h5-7,9-12,29H,3-4,28H2,1-2H3,(H,31,32)/t12-/m1/s1. The molecule has 10 heteroatoms. The molecule has 0 saturated carbocycles. The zero-order chi connectivity index (χ0) is 24.1. The molecule has 33 heavy (non-hydrogen) atoms. The molecule has 0 bridgehead atoms. The molecule has 0 radical (unpaired) electrons. The molecule has 7 nitrogen and oxygen atoms in total. The van der Waals surface area contributed by atoms with Crippen LogP contribution >= 0.6 is 23.2 Å². The lowest BCUT2D eigenvalue weighted by Crippen LogP contribution is -2.11. The number of nitrogens with one attached hydrogen (secondary N) is 2. The van der Waals surface area contributed by atoms with Crippen molar-refractivity contribution in [2.45, 2.75) is 26.4 Å². The van der Waals surface area contributed by atoms with Crippen molar-refractivity contribution in [2.75, 3.05) is 17.6 Å². The molecule has 0 aliphatic rings. The van der Waals surface area contributed by atoms with Crippen molar-refractivity contribution >= 4 is 40.4 Å². The SMILES string of the molecule is CCCNc1ncc(C(=N)c2cc(O[C@H](C)c3c(Cl)cncc3Cl)c(F)cc2N)cc1C#N. The predicted octanol–water partition coefficient (Wildman–Crippen LogP) is 5.75. The summed E-state index contributed by atoms with van der Waals surface area (Å²) in [6.07, 6.45) is 4.46. The van der Waals surface area contributed by atoms with E-state index in [1.165, 1.54) is 30.7 Å². The quantitative estimate of drug-likeness (QED) is 0.275. The van der Waals surface area contributed by atoms with Crippen molar-refractivity contribution in [3.8, 4) is 11.8 Å². The maximum Gasteiger partial charge on any atom is 0.167 e. The van der Waals surface area contributed by atoms with Gasteiger partial charge in [0.1, 0.15) is 18.0 Å². The molecule has 0 spiro atoms. The average molecular weight is 487 g/mol. The van der Waals surface area contributed by atoms with Gasteiger partial charge in [0.15, 0.2) is 11.6 Å². The van der Waals surface area contributed by atoms with E-state index in [0.29, 0.717) is 29.1 Å². The number of benzene rings is 1. The fourth-order valence-corrected chi connectivity index (χ4v) is 3.83. The zero-order valence-electron chi connectivity index (χ0n) is 17.9. The number of nitriles is 1. The van der Waals surface area contributed by atoms with Crippen LogP contribution in [-0.4, -0.2) is 22.2 Å². The van der Waals surface area contributed by atoms with Crippen LogP contribution < -0.4 is 15.8 Å². The Morgan fingerprint density at radius 1 is 1.27 bits per heavy atom. The minimum atomic E-state index is -0.705. The van der Waals surface area contributed by atoms with Crippen LogP contribution in [0, 0.1) is 22.6 Å². The molecule has 0 fully saturated rings. The Balaban J connectivity index is 1.94. The summed E-state index contributed by atoms with van der Waals surface area (Å²) in [5.74, 6) is -0.394. The Labute approximate surface area is 200 Å². The number of aromatic nitrogens is 2. The molecule has 170 valence electrons. The second kappa shape index (κ2) is 10.5. The van der Waals surface area contributed by atoms with Crippen LogP contribution in [0.25, 0.3) is 0 Å². The highest BCUT2D eigenvalue weighted by molar-refractivity contribution is 6.35. The number of ether oxygens (including phenoxy) is 1. The first-order chi connectivity index (χ1) is 15.8. The number of hydrogen-bond acceptors (Lipinski definition) is 7. The molecular weight excluding hydrogens is 466 g/mol. The lowest BCUT2D eigenvalue weighted by molar-refractivity contribution is 0.216. The number of nitrogen functional groups attached to an aromatic ring is 1. The molecule has 1 aromatic carbocycles. The van der Waals surface area contributed by atoms with Gasteiger partial charge in [-0.15, -0.1) is 0 Å². The molecule has 0 unspecified atom stereocenters. The summed E-state index contributed by atoms with van der Waals surface area (Å²) in [4.78, 5) is 8.15. The van der Waals surface area contributed by atoms with Gasteiger partial charge in [-0.2, -0.15) is 5.26 Å². The fourth-order valence-electron chi connectivity index (χ4n) is 3.16. The molecule has 3 rings (SSSR count). The van der Waals surface area contributed by atoms with E-state index in [4.69, 9.17) is 39.1 Å². The number of rotatable bonds is 8. The maximum absolute atomic E-state index is 14.6. The van der Waals surface area contributed by atoms with Crippen molar-refractivity contribution < 1.29 is 9.13 Å². The van der Waals surface area contributed by atoms with Crippen LogP contribution in [0.1, 0.15) is 48.6 Å². The highest BCUT2D eigenvalue weighted by Gasteiger charge is 2.20. The third-order valence-electron chi connectivity index (χ3n) is 4.81. The summed E-state index contributed by atoms with van der Waals surface area (Å²) in [5, 5.41) is 21.7. The van der Waals surface area contributed by atoms with Crippen LogP contribution in [0.3, 0.4) is 0 Å². The smallest absolute Gasteiger partial charge is 0.167 e. The number of pyridine rings is 2. The number of halogens is 3. The molecule has 0 aliphatic heterocycles. The number of anilines is 2. The summed E-state index contributed by atoms with van der Waals surface area (Å²) in [6, 6.07) is 6.03. The molecule has 0 saturated heterocycles.